The SMILES string of the molecule is CN1CCN(C)CC1.Nc1ccc2[nH]c(C=O)cc2c1. The Hall–Kier alpha value is -1.85. The van der Waals surface area contributed by atoms with Crippen LogP contribution >= 0.6 is 0 Å². The molecule has 0 aliphatic carbocycles. The summed E-state index contributed by atoms with van der Waals surface area (Å²) in [5, 5.41) is 0.970. The monoisotopic (exact) mass is 274 g/mol. The first-order valence-electron chi connectivity index (χ1n) is 6.79. The fraction of sp³-hybridized carbons (Fsp3) is 0.400. The number of aromatic amines is 1. The summed E-state index contributed by atoms with van der Waals surface area (Å²) in [5.41, 5.74) is 7.80. The van der Waals surface area contributed by atoms with Crippen LogP contribution in [-0.4, -0.2) is 61.3 Å². The van der Waals surface area contributed by atoms with Crippen molar-refractivity contribution >= 4 is 22.9 Å². The van der Waals surface area contributed by atoms with Crippen molar-refractivity contribution in [2.75, 3.05) is 46.0 Å². The molecule has 1 aliphatic rings. The van der Waals surface area contributed by atoms with Crippen molar-refractivity contribution in [3.8, 4) is 0 Å². The van der Waals surface area contributed by atoms with Gasteiger partial charge in [0.2, 0.25) is 0 Å². The van der Waals surface area contributed by atoms with Gasteiger partial charge >= 0.3 is 0 Å². The van der Waals surface area contributed by atoms with Gasteiger partial charge in [-0.1, -0.05) is 0 Å². The van der Waals surface area contributed by atoms with Crippen LogP contribution in [0.25, 0.3) is 10.9 Å². The van der Waals surface area contributed by atoms with Gasteiger partial charge in [0.1, 0.15) is 0 Å². The van der Waals surface area contributed by atoms with Gasteiger partial charge in [0, 0.05) is 42.8 Å². The highest BCUT2D eigenvalue weighted by Crippen LogP contribution is 2.17. The quantitative estimate of drug-likeness (QED) is 0.610. The summed E-state index contributed by atoms with van der Waals surface area (Å²) in [6.45, 7) is 4.93. The van der Waals surface area contributed by atoms with E-state index in [1.807, 2.05) is 12.1 Å². The zero-order valence-corrected chi connectivity index (χ0v) is 12.1. The Labute approximate surface area is 119 Å². The molecule has 1 saturated heterocycles. The van der Waals surface area contributed by atoms with Crippen molar-refractivity contribution in [1.29, 1.82) is 0 Å². The number of aromatic nitrogens is 1. The number of nitrogens with zero attached hydrogens (tertiary/aromatic N) is 2. The highest BCUT2D eigenvalue weighted by Gasteiger charge is 2.07. The van der Waals surface area contributed by atoms with Crippen molar-refractivity contribution in [3.63, 3.8) is 0 Å². The zero-order valence-electron chi connectivity index (χ0n) is 12.1. The number of nitrogen functional groups attached to an aromatic ring is 1. The third-order valence-electron chi connectivity index (χ3n) is 3.52. The fourth-order valence-corrected chi connectivity index (χ4v) is 2.14. The molecule has 0 spiro atoms. The molecule has 108 valence electrons. The van der Waals surface area contributed by atoms with Gasteiger partial charge in [-0.3, -0.25) is 4.79 Å². The molecule has 0 bridgehead atoms. The van der Waals surface area contributed by atoms with E-state index in [0.29, 0.717) is 11.4 Å². The van der Waals surface area contributed by atoms with Gasteiger partial charge in [-0.2, -0.15) is 0 Å². The molecule has 0 unspecified atom stereocenters. The van der Waals surface area contributed by atoms with E-state index in [-0.39, 0.29) is 0 Å². The first-order chi connectivity index (χ1) is 9.58. The van der Waals surface area contributed by atoms with Crippen molar-refractivity contribution in [3.05, 3.63) is 30.0 Å². The molecule has 2 heterocycles. The molecule has 3 N–H and O–H groups in total. The summed E-state index contributed by atoms with van der Waals surface area (Å²) in [6.07, 6.45) is 0.788. The van der Waals surface area contributed by atoms with Gasteiger partial charge in [0.05, 0.1) is 5.69 Å². The molecule has 1 fully saturated rings. The summed E-state index contributed by atoms with van der Waals surface area (Å²) in [7, 11) is 4.35. The number of nitrogens with two attached hydrogens (primary N) is 1. The van der Waals surface area contributed by atoms with Crippen molar-refractivity contribution < 1.29 is 4.79 Å². The lowest BCUT2D eigenvalue weighted by molar-refractivity contribution is 0.112. The summed E-state index contributed by atoms with van der Waals surface area (Å²) >= 11 is 0. The van der Waals surface area contributed by atoms with Crippen molar-refractivity contribution in [2.45, 2.75) is 0 Å². The van der Waals surface area contributed by atoms with E-state index in [1.165, 1.54) is 26.2 Å². The van der Waals surface area contributed by atoms with E-state index in [2.05, 4.69) is 28.9 Å². The first-order valence-corrected chi connectivity index (χ1v) is 6.79. The molecule has 20 heavy (non-hydrogen) atoms. The predicted molar refractivity (Wildman–Crippen MR) is 83.1 cm³/mol. The molecule has 5 heteroatoms. The van der Waals surface area contributed by atoms with E-state index in [1.54, 1.807) is 12.1 Å². The van der Waals surface area contributed by atoms with Gasteiger partial charge in [-0.05, 0) is 38.4 Å². The van der Waals surface area contributed by atoms with Gasteiger partial charge < -0.3 is 20.5 Å². The van der Waals surface area contributed by atoms with Crippen molar-refractivity contribution in [1.82, 2.24) is 14.8 Å². The predicted octanol–water partition coefficient (Wildman–Crippen LogP) is 1.43. The molecule has 1 aromatic carbocycles. The molecule has 1 aliphatic heterocycles. The zero-order chi connectivity index (χ0) is 14.5. The van der Waals surface area contributed by atoms with Gasteiger partial charge in [-0.15, -0.1) is 0 Å². The Balaban J connectivity index is 0.000000160. The number of hydrogen-bond donors (Lipinski definition) is 2. The van der Waals surface area contributed by atoms with E-state index in [9.17, 15) is 4.79 Å². The average molecular weight is 274 g/mol. The second kappa shape index (κ2) is 6.54. The van der Waals surface area contributed by atoms with Crippen LogP contribution in [0.4, 0.5) is 5.69 Å². The Morgan fingerprint density at radius 1 is 1.10 bits per heavy atom. The molecule has 0 radical (unpaired) electrons. The minimum atomic E-state index is 0.579. The minimum Gasteiger partial charge on any atom is -0.399 e. The summed E-state index contributed by atoms with van der Waals surface area (Å²) in [5.74, 6) is 0. The van der Waals surface area contributed by atoms with Crippen LogP contribution in [0.15, 0.2) is 24.3 Å². The van der Waals surface area contributed by atoms with E-state index >= 15 is 0 Å². The van der Waals surface area contributed by atoms with Gasteiger partial charge in [0.25, 0.3) is 0 Å². The van der Waals surface area contributed by atoms with E-state index in [0.717, 1.165) is 17.2 Å². The van der Waals surface area contributed by atoms with E-state index < -0.39 is 0 Å². The van der Waals surface area contributed by atoms with Crippen LogP contribution in [0.2, 0.25) is 0 Å². The highest BCUT2D eigenvalue weighted by molar-refractivity contribution is 5.89. The standard InChI is InChI=1S/C9H8N2O.C6H14N2/c10-7-1-2-9-6(3-7)4-8(5-12)11-9;1-7-3-5-8(2)6-4-7/h1-5,11H,10H2;3-6H2,1-2H3. The lowest BCUT2D eigenvalue weighted by atomic mass is 10.2. The number of carbonyl (C=O) groups is 1. The maximum atomic E-state index is 10.4. The Morgan fingerprint density at radius 2 is 1.70 bits per heavy atom. The van der Waals surface area contributed by atoms with Crippen LogP contribution < -0.4 is 5.73 Å². The Bertz CT molecular complexity index is 560. The number of piperazine rings is 1. The Kier molecular flexibility index (Phi) is 4.76. The molecule has 0 saturated carbocycles. The molecule has 0 atom stereocenters. The van der Waals surface area contributed by atoms with Crippen LogP contribution in [-0.2, 0) is 0 Å². The molecular weight excluding hydrogens is 252 g/mol. The number of H-pyrrole nitrogens is 1. The average Bonchev–Trinajstić information content (AvgIpc) is 2.85. The Morgan fingerprint density at radius 3 is 2.25 bits per heavy atom. The molecule has 1 aromatic heterocycles. The smallest absolute Gasteiger partial charge is 0.166 e. The largest absolute Gasteiger partial charge is 0.399 e. The number of aldehydes is 1. The lowest BCUT2D eigenvalue weighted by Gasteiger charge is -2.28. The molecule has 0 amide bonds. The number of benzene rings is 1. The second-order valence-corrected chi connectivity index (χ2v) is 5.30. The van der Waals surface area contributed by atoms with Crippen molar-refractivity contribution in [2.24, 2.45) is 0 Å². The molecule has 5 nitrogen and oxygen atoms in total. The summed E-state index contributed by atoms with van der Waals surface area (Å²) in [4.78, 5) is 18.1. The van der Waals surface area contributed by atoms with Gasteiger partial charge in [-0.25, -0.2) is 0 Å². The van der Waals surface area contributed by atoms with Gasteiger partial charge in [0.15, 0.2) is 6.29 Å². The summed E-state index contributed by atoms with van der Waals surface area (Å²) < 4.78 is 0. The number of carbonyl (C=O) groups excluding carboxylic acids is 1. The number of nitrogens with one attached hydrogen (secondary N) is 1. The molecule has 3 rings (SSSR count). The van der Waals surface area contributed by atoms with Crippen LogP contribution in [0, 0.1) is 0 Å². The molecule has 2 aromatic rings. The normalized spacial score (nSPS) is 16.7. The third-order valence-corrected chi connectivity index (χ3v) is 3.52. The second-order valence-electron chi connectivity index (χ2n) is 5.30. The number of rotatable bonds is 1. The topological polar surface area (TPSA) is 65.4 Å². The van der Waals surface area contributed by atoms with Crippen LogP contribution in [0.5, 0.6) is 0 Å². The van der Waals surface area contributed by atoms with E-state index in [4.69, 9.17) is 5.73 Å². The van der Waals surface area contributed by atoms with Crippen LogP contribution in [0.3, 0.4) is 0 Å². The number of likely N-dealkylation sites (N-methyl/N-ethyl adjacent to an activating group) is 2. The van der Waals surface area contributed by atoms with Crippen LogP contribution in [0.1, 0.15) is 10.5 Å². The number of anilines is 1. The molecular formula is C15H22N4O. The number of fused-ring (bicyclic) bond motifs is 1. The lowest BCUT2D eigenvalue weighted by Crippen LogP contribution is -2.42. The third kappa shape index (κ3) is 3.82. The number of hydrogen-bond acceptors (Lipinski definition) is 4. The fourth-order valence-electron chi connectivity index (χ4n) is 2.14. The highest BCUT2D eigenvalue weighted by atomic mass is 16.1. The summed E-state index contributed by atoms with van der Waals surface area (Å²) in [6, 6.07) is 7.27. The maximum absolute atomic E-state index is 10.4. The maximum Gasteiger partial charge on any atom is 0.166 e. The minimum absolute atomic E-state index is 0.579. The first kappa shape index (κ1) is 14.6.